The minimum absolute atomic E-state index is 0.161. The predicted octanol–water partition coefficient (Wildman–Crippen LogP) is 1.19. The van der Waals surface area contributed by atoms with Crippen molar-refractivity contribution in [3.63, 3.8) is 0 Å². The number of H-pyrrole nitrogens is 1. The number of hydrogen-bond donors (Lipinski definition) is 1. The third kappa shape index (κ3) is 3.38. The molecule has 26 heavy (non-hydrogen) atoms. The van der Waals surface area contributed by atoms with Crippen LogP contribution in [0.4, 0.5) is 0 Å². The zero-order valence-electron chi connectivity index (χ0n) is 15.6. The van der Waals surface area contributed by atoms with Crippen LogP contribution in [-0.4, -0.2) is 56.0 Å². The Balaban J connectivity index is 1.48. The summed E-state index contributed by atoms with van der Waals surface area (Å²) in [4.78, 5) is 19.4. The number of aryl methyl sites for hydroxylation is 2. The number of amides is 1. The van der Waals surface area contributed by atoms with Crippen LogP contribution in [0.15, 0.2) is 6.07 Å². The summed E-state index contributed by atoms with van der Waals surface area (Å²) < 4.78 is 6.92. The lowest BCUT2D eigenvalue weighted by atomic mass is 9.91. The van der Waals surface area contributed by atoms with Crippen molar-refractivity contribution in [2.75, 3.05) is 20.2 Å². The van der Waals surface area contributed by atoms with Gasteiger partial charge in [0.1, 0.15) is 6.61 Å². The van der Waals surface area contributed by atoms with Crippen molar-refractivity contribution in [1.29, 1.82) is 0 Å². The minimum Gasteiger partial charge on any atom is -0.377 e. The first-order chi connectivity index (χ1) is 12.5. The highest BCUT2D eigenvalue weighted by atomic mass is 16.5. The number of methoxy groups -OCH3 is 1. The summed E-state index contributed by atoms with van der Waals surface area (Å²) in [7, 11) is 3.53. The van der Waals surface area contributed by atoms with Crippen LogP contribution < -0.4 is 0 Å². The largest absolute Gasteiger partial charge is 0.377 e. The molecule has 1 aliphatic carbocycles. The summed E-state index contributed by atoms with van der Waals surface area (Å²) in [5, 5.41) is 11.7. The van der Waals surface area contributed by atoms with Crippen LogP contribution in [0.3, 0.4) is 0 Å². The Morgan fingerprint density at radius 1 is 1.38 bits per heavy atom. The maximum Gasteiger partial charge on any atom is 0.228 e. The van der Waals surface area contributed by atoms with Gasteiger partial charge in [-0.3, -0.25) is 14.6 Å². The third-order valence-electron chi connectivity index (χ3n) is 5.54. The van der Waals surface area contributed by atoms with Gasteiger partial charge in [-0.15, -0.1) is 0 Å². The third-order valence-corrected chi connectivity index (χ3v) is 5.54. The van der Waals surface area contributed by atoms with E-state index in [4.69, 9.17) is 4.74 Å². The first-order valence-corrected chi connectivity index (χ1v) is 9.22. The molecule has 1 amide bonds. The van der Waals surface area contributed by atoms with Gasteiger partial charge in [-0.05, 0) is 37.7 Å². The van der Waals surface area contributed by atoms with E-state index in [0.29, 0.717) is 31.4 Å². The fourth-order valence-electron chi connectivity index (χ4n) is 4.08. The Hall–Kier alpha value is -2.22. The standard InChI is InChI=1S/C18H26N6O2/c1-11-6-13(23(2)22-11)7-17(25)24-8-14(12-4-5-12)15(9-24)18-19-16(10-26-3)20-21-18/h6,12,14-15H,4-5,7-10H2,1-3H3,(H,19,20,21)/t14-,15+/m1/s1. The van der Waals surface area contributed by atoms with E-state index >= 15 is 0 Å². The van der Waals surface area contributed by atoms with Crippen molar-refractivity contribution in [3.8, 4) is 0 Å². The molecule has 1 saturated heterocycles. The molecule has 2 aromatic rings. The van der Waals surface area contributed by atoms with Crippen molar-refractivity contribution in [2.45, 2.75) is 38.7 Å². The Kier molecular flexibility index (Phi) is 4.52. The molecule has 0 unspecified atom stereocenters. The van der Waals surface area contributed by atoms with E-state index in [-0.39, 0.29) is 11.8 Å². The number of rotatable bonds is 6. The van der Waals surface area contributed by atoms with Crippen molar-refractivity contribution >= 4 is 5.91 Å². The molecule has 2 aromatic heterocycles. The highest BCUT2D eigenvalue weighted by molar-refractivity contribution is 5.78. The lowest BCUT2D eigenvalue weighted by Crippen LogP contribution is -2.31. The van der Waals surface area contributed by atoms with Gasteiger partial charge in [0.05, 0.1) is 12.1 Å². The van der Waals surface area contributed by atoms with E-state index in [9.17, 15) is 4.79 Å². The van der Waals surface area contributed by atoms with Crippen LogP contribution in [0.1, 0.15) is 41.8 Å². The number of carbonyl (C=O) groups excluding carboxylic acids is 1. The van der Waals surface area contributed by atoms with E-state index in [2.05, 4.69) is 20.3 Å². The Bertz CT molecular complexity index is 793. The predicted molar refractivity (Wildman–Crippen MR) is 94.3 cm³/mol. The first kappa shape index (κ1) is 17.2. The van der Waals surface area contributed by atoms with E-state index in [1.54, 1.807) is 11.8 Å². The quantitative estimate of drug-likeness (QED) is 0.838. The van der Waals surface area contributed by atoms with Crippen molar-refractivity contribution in [1.82, 2.24) is 29.9 Å². The number of nitrogens with one attached hydrogen (secondary N) is 1. The van der Waals surface area contributed by atoms with Gasteiger partial charge in [-0.1, -0.05) is 0 Å². The molecule has 8 heteroatoms. The SMILES string of the molecule is COCc1nc([C@H]2CN(C(=O)Cc3cc(C)nn3C)C[C@@H]2C2CC2)n[nH]1. The van der Waals surface area contributed by atoms with E-state index < -0.39 is 0 Å². The van der Waals surface area contributed by atoms with E-state index in [0.717, 1.165) is 29.6 Å². The van der Waals surface area contributed by atoms with Crippen LogP contribution in [-0.2, 0) is 29.6 Å². The van der Waals surface area contributed by atoms with Gasteiger partial charge in [0.2, 0.25) is 5.91 Å². The molecule has 2 fully saturated rings. The number of carbonyl (C=O) groups is 1. The summed E-state index contributed by atoms with van der Waals surface area (Å²) >= 11 is 0. The molecular formula is C18H26N6O2. The van der Waals surface area contributed by atoms with Gasteiger partial charge in [-0.2, -0.15) is 10.2 Å². The molecule has 1 aliphatic heterocycles. The summed E-state index contributed by atoms with van der Waals surface area (Å²) in [5.41, 5.74) is 1.90. The van der Waals surface area contributed by atoms with Crippen LogP contribution in [0.25, 0.3) is 0 Å². The number of hydrogen-bond acceptors (Lipinski definition) is 5. The van der Waals surface area contributed by atoms with Crippen molar-refractivity contribution in [3.05, 3.63) is 29.1 Å². The first-order valence-electron chi connectivity index (χ1n) is 9.22. The molecule has 4 rings (SSSR count). The van der Waals surface area contributed by atoms with Crippen molar-refractivity contribution < 1.29 is 9.53 Å². The molecule has 0 radical (unpaired) electrons. The fourth-order valence-corrected chi connectivity index (χ4v) is 4.08. The molecule has 8 nitrogen and oxygen atoms in total. The highest BCUT2D eigenvalue weighted by Gasteiger charge is 2.45. The average molecular weight is 358 g/mol. The zero-order chi connectivity index (χ0) is 18.3. The zero-order valence-corrected chi connectivity index (χ0v) is 15.6. The highest BCUT2D eigenvalue weighted by Crippen LogP contribution is 2.47. The molecule has 0 spiro atoms. The Morgan fingerprint density at radius 2 is 2.19 bits per heavy atom. The Morgan fingerprint density at radius 3 is 2.85 bits per heavy atom. The molecule has 1 N–H and O–H groups in total. The summed E-state index contributed by atoms with van der Waals surface area (Å²) in [6.45, 7) is 3.88. The smallest absolute Gasteiger partial charge is 0.228 e. The molecule has 140 valence electrons. The number of aromatic amines is 1. The summed E-state index contributed by atoms with van der Waals surface area (Å²) in [5.74, 6) is 3.09. The topological polar surface area (TPSA) is 88.9 Å². The summed E-state index contributed by atoms with van der Waals surface area (Å²) in [6.07, 6.45) is 2.89. The second-order valence-corrected chi connectivity index (χ2v) is 7.56. The number of likely N-dealkylation sites (tertiary alicyclic amines) is 1. The molecule has 3 heterocycles. The monoisotopic (exact) mass is 358 g/mol. The number of aromatic nitrogens is 5. The van der Waals surface area contributed by atoms with Gasteiger partial charge in [-0.25, -0.2) is 4.98 Å². The minimum atomic E-state index is 0.161. The second kappa shape index (κ2) is 6.83. The van der Waals surface area contributed by atoms with Crippen molar-refractivity contribution in [2.24, 2.45) is 18.9 Å². The Labute approximate surface area is 152 Å². The normalized spacial score (nSPS) is 23.0. The number of nitrogens with zero attached hydrogens (tertiary/aromatic N) is 5. The fraction of sp³-hybridized carbons (Fsp3) is 0.667. The van der Waals surface area contributed by atoms with E-state index in [1.807, 2.05) is 24.9 Å². The van der Waals surface area contributed by atoms with Crippen LogP contribution >= 0.6 is 0 Å². The molecule has 2 aliphatic rings. The van der Waals surface area contributed by atoms with Crippen LogP contribution in [0.5, 0.6) is 0 Å². The van der Waals surface area contributed by atoms with Gasteiger partial charge < -0.3 is 9.64 Å². The maximum absolute atomic E-state index is 12.9. The lowest BCUT2D eigenvalue weighted by molar-refractivity contribution is -0.129. The molecular weight excluding hydrogens is 332 g/mol. The second-order valence-electron chi connectivity index (χ2n) is 7.56. The average Bonchev–Trinajstić information content (AvgIpc) is 3.03. The maximum atomic E-state index is 12.9. The van der Waals surface area contributed by atoms with E-state index in [1.165, 1.54) is 12.8 Å². The van der Waals surface area contributed by atoms with Gasteiger partial charge in [0.15, 0.2) is 11.6 Å². The summed E-state index contributed by atoms with van der Waals surface area (Å²) in [6, 6.07) is 1.98. The number of ether oxygens (including phenoxy) is 1. The van der Waals surface area contributed by atoms with Gasteiger partial charge >= 0.3 is 0 Å². The van der Waals surface area contributed by atoms with Crippen LogP contribution in [0.2, 0.25) is 0 Å². The molecule has 0 aromatic carbocycles. The molecule has 1 saturated carbocycles. The van der Waals surface area contributed by atoms with Gasteiger partial charge in [0.25, 0.3) is 0 Å². The molecule has 2 atom stereocenters. The lowest BCUT2D eigenvalue weighted by Gasteiger charge is -2.16. The van der Waals surface area contributed by atoms with Crippen LogP contribution in [0, 0.1) is 18.8 Å². The van der Waals surface area contributed by atoms with Gasteiger partial charge in [0, 0.05) is 38.9 Å². The molecule has 0 bridgehead atoms.